The monoisotopic (exact) mass is 1100 g/mol. The quantitative estimate of drug-likeness (QED) is 0.0261. The molecule has 10 nitrogen and oxygen atoms in total. The van der Waals surface area contributed by atoms with Crippen LogP contribution in [-0.4, -0.2) is 118 Å². The molecule has 0 aromatic heterocycles. The average Bonchev–Trinajstić information content (AvgIpc) is 3.40. The number of unbranched alkanes of at least 4 members (excludes halogenated alkanes) is 2. The van der Waals surface area contributed by atoms with Crippen LogP contribution in [0.25, 0.3) is 0 Å². The first-order valence-electron chi connectivity index (χ1n) is 31.8. The number of hydrogen-bond acceptors (Lipinski definition) is 8. The summed E-state index contributed by atoms with van der Waals surface area (Å²) in [5, 5.41) is 51.5. The van der Waals surface area contributed by atoms with Crippen LogP contribution in [0.4, 0.5) is 0 Å². The maximum absolute atomic E-state index is 13.4. The Bertz CT molecular complexity index is 1800. The van der Waals surface area contributed by atoms with Crippen molar-refractivity contribution in [3.05, 3.63) is 97.2 Å². The highest BCUT2D eigenvalue weighted by Crippen LogP contribution is 2.20. The molecule has 0 bridgehead atoms. The second-order valence-corrected chi connectivity index (χ2v) is 24.6. The van der Waals surface area contributed by atoms with Gasteiger partial charge in [-0.15, -0.1) is 0 Å². The van der Waals surface area contributed by atoms with Gasteiger partial charge in [-0.05, 0) is 151 Å². The average molecular weight is 1100 g/mol. The molecule has 0 aromatic rings. The molecule has 2 amide bonds. The Morgan fingerprint density at radius 3 is 1.39 bits per heavy atom. The third kappa shape index (κ3) is 36.7. The first kappa shape index (κ1) is 73.6. The van der Waals surface area contributed by atoms with E-state index in [4.69, 9.17) is 0 Å². The Morgan fingerprint density at radius 1 is 0.468 bits per heavy atom. The summed E-state index contributed by atoms with van der Waals surface area (Å²) in [6.45, 7) is 31.5. The van der Waals surface area contributed by atoms with Gasteiger partial charge < -0.3 is 31.1 Å². The van der Waals surface area contributed by atoms with Gasteiger partial charge in [0.1, 0.15) is 12.1 Å². The lowest BCUT2D eigenvalue weighted by atomic mass is 9.95. The maximum Gasteiger partial charge on any atom is 0.243 e. The van der Waals surface area contributed by atoms with Crippen LogP contribution < -0.4 is 10.6 Å². The van der Waals surface area contributed by atoms with Crippen molar-refractivity contribution in [1.82, 2.24) is 20.4 Å². The number of nitrogens with one attached hydrogen (secondary N) is 2. The number of hydrogen-bond donors (Lipinski definition) is 6. The number of amides is 2. The molecule has 79 heavy (non-hydrogen) atoms. The minimum Gasteiger partial charge on any atom is -0.391 e. The fourth-order valence-corrected chi connectivity index (χ4v) is 10.4. The fourth-order valence-electron chi connectivity index (χ4n) is 10.4. The van der Waals surface area contributed by atoms with Crippen molar-refractivity contribution < 1.29 is 30.0 Å². The molecule has 6 N–H and O–H groups in total. The standard InChI is InChI=1S/C69H122N4O6/c1-14-55(9)48-57(11)37-25-21-27-39-59(13)66(76)51-73(50-65(75)58(12)38-26-20-23-35-53(5)6)46-34-32-44-64-69(79)70-63(68(78)71-64)43-31-33-45-72(49-62(74)42-30-19-18-24-36-56(10)47-54(7)8)52-67(77)61(17-4)41-29-22-28-40-60(15-2)16-3/h19,23-30,35-41,53-67,74-77H,14-18,20-22,31-34,42-52H2,1-13H3,(H,70,79)(H,71,78)/b30-19-,35-23-,36-24-,37-25-,38-26-,39-27-,40-28-,41-29-. The normalized spacial score (nSPS) is 20.0. The number of piperazine rings is 1. The second-order valence-electron chi connectivity index (χ2n) is 24.6. The van der Waals surface area contributed by atoms with Crippen LogP contribution in [-0.2, 0) is 9.59 Å². The number of allylic oxidation sites excluding steroid dienone is 12. The summed E-state index contributed by atoms with van der Waals surface area (Å²) in [6, 6.07) is -1.22. The second kappa shape index (κ2) is 45.2. The lowest BCUT2D eigenvalue weighted by Gasteiger charge is -2.31. The molecular weight excluding hydrogens is 981 g/mol. The number of aliphatic hydroxyl groups is 4. The smallest absolute Gasteiger partial charge is 0.243 e. The van der Waals surface area contributed by atoms with E-state index in [1.807, 2.05) is 13.8 Å². The Balaban J connectivity index is 2.93. The molecule has 0 radical (unpaired) electrons. The van der Waals surface area contributed by atoms with Crippen molar-refractivity contribution in [3.63, 3.8) is 0 Å². The van der Waals surface area contributed by atoms with Gasteiger partial charge in [0.05, 0.1) is 24.4 Å². The molecule has 1 aliphatic rings. The minimum absolute atomic E-state index is 0.00371. The number of nitrogens with zero attached hydrogens (tertiary/aromatic N) is 2. The third-order valence-electron chi connectivity index (χ3n) is 15.8. The zero-order valence-electron chi connectivity index (χ0n) is 52.7. The summed E-state index contributed by atoms with van der Waals surface area (Å²) >= 11 is 0. The highest BCUT2D eigenvalue weighted by atomic mass is 16.3. The lowest BCUT2D eigenvalue weighted by molar-refractivity contribution is -0.137. The summed E-state index contributed by atoms with van der Waals surface area (Å²) < 4.78 is 0. The topological polar surface area (TPSA) is 146 Å². The lowest BCUT2D eigenvalue weighted by Crippen LogP contribution is -2.61. The van der Waals surface area contributed by atoms with E-state index in [-0.39, 0.29) is 29.6 Å². The van der Waals surface area contributed by atoms with Crippen LogP contribution >= 0.6 is 0 Å². The molecule has 12 atom stereocenters. The molecule has 0 aliphatic carbocycles. The molecule has 12 unspecified atom stereocenters. The van der Waals surface area contributed by atoms with Crippen molar-refractivity contribution in [1.29, 1.82) is 0 Å². The highest BCUT2D eigenvalue weighted by Gasteiger charge is 2.33. The van der Waals surface area contributed by atoms with Crippen LogP contribution in [0.15, 0.2) is 97.2 Å². The van der Waals surface area contributed by atoms with Gasteiger partial charge in [-0.3, -0.25) is 19.4 Å². The summed E-state index contributed by atoms with van der Waals surface area (Å²) in [7, 11) is 0. The summed E-state index contributed by atoms with van der Waals surface area (Å²) in [4.78, 5) is 31.2. The number of rotatable bonds is 46. The van der Waals surface area contributed by atoms with Crippen molar-refractivity contribution in [2.75, 3.05) is 39.3 Å². The molecule has 0 spiro atoms. The van der Waals surface area contributed by atoms with Gasteiger partial charge in [-0.2, -0.15) is 0 Å². The maximum atomic E-state index is 13.4. The molecule has 0 aromatic carbocycles. The Labute approximate surface area is 485 Å². The van der Waals surface area contributed by atoms with Crippen molar-refractivity contribution in [2.45, 2.75) is 236 Å². The van der Waals surface area contributed by atoms with Crippen LogP contribution in [0.3, 0.4) is 0 Å². The van der Waals surface area contributed by atoms with Gasteiger partial charge in [0.25, 0.3) is 0 Å². The van der Waals surface area contributed by atoms with E-state index in [1.54, 1.807) is 0 Å². The van der Waals surface area contributed by atoms with Gasteiger partial charge >= 0.3 is 0 Å². The molecule has 10 heteroatoms. The van der Waals surface area contributed by atoms with E-state index in [0.29, 0.717) is 107 Å². The predicted molar refractivity (Wildman–Crippen MR) is 338 cm³/mol. The van der Waals surface area contributed by atoms with Gasteiger partial charge in [-0.1, -0.05) is 194 Å². The third-order valence-corrected chi connectivity index (χ3v) is 15.8. The molecule has 0 saturated carbocycles. The van der Waals surface area contributed by atoms with E-state index >= 15 is 0 Å². The van der Waals surface area contributed by atoms with Crippen LogP contribution in [0.5, 0.6) is 0 Å². The van der Waals surface area contributed by atoms with Crippen molar-refractivity contribution in [2.24, 2.45) is 53.3 Å². The fraction of sp³-hybridized carbons (Fsp3) is 0.739. The number of aliphatic hydroxyl groups excluding tert-OH is 4. The Morgan fingerprint density at radius 2 is 0.911 bits per heavy atom. The van der Waals surface area contributed by atoms with Gasteiger partial charge in [0.15, 0.2) is 0 Å². The largest absolute Gasteiger partial charge is 0.391 e. The van der Waals surface area contributed by atoms with Gasteiger partial charge in [0, 0.05) is 43.9 Å². The van der Waals surface area contributed by atoms with Crippen LogP contribution in [0.2, 0.25) is 0 Å². The SMILES string of the molecule is CCC(C)CC(C)/C=C\C/C=C\C(C)C(O)CN(CCCCC1NC(=O)C(CCCCN(CC(O)C/C=C\C/C=C\C(C)CC(C)C)CC(O)C(/C=C\C/C=C\C(CC)CC)CC)NC1=O)CC(O)C(C)/C=C\C/C=C\C(C)C. The van der Waals surface area contributed by atoms with E-state index in [0.717, 1.165) is 57.8 Å². The first-order valence-corrected chi connectivity index (χ1v) is 31.8. The number of carbonyl (C=O) groups excluding carboxylic acids is 2. The summed E-state index contributed by atoms with van der Waals surface area (Å²) in [5.41, 5.74) is 0. The van der Waals surface area contributed by atoms with Crippen molar-refractivity contribution >= 4 is 11.8 Å². The van der Waals surface area contributed by atoms with Gasteiger partial charge in [0.2, 0.25) is 11.8 Å². The molecule has 1 saturated heterocycles. The minimum atomic E-state index is -0.614. The van der Waals surface area contributed by atoms with E-state index in [1.165, 1.54) is 19.3 Å². The molecular formula is C69H122N4O6. The zero-order chi connectivity index (χ0) is 59.0. The molecule has 454 valence electrons. The van der Waals surface area contributed by atoms with Crippen LogP contribution in [0, 0.1) is 53.3 Å². The molecule has 1 aliphatic heterocycles. The predicted octanol–water partition coefficient (Wildman–Crippen LogP) is 13.9. The Kier molecular flexibility index (Phi) is 42.1. The molecule has 1 fully saturated rings. The molecule has 1 rings (SSSR count). The highest BCUT2D eigenvalue weighted by molar-refractivity contribution is 5.96. The van der Waals surface area contributed by atoms with Crippen molar-refractivity contribution in [3.8, 4) is 0 Å². The molecule has 1 heterocycles. The first-order chi connectivity index (χ1) is 37.7. The van der Waals surface area contributed by atoms with E-state index in [9.17, 15) is 30.0 Å². The zero-order valence-corrected chi connectivity index (χ0v) is 52.7. The van der Waals surface area contributed by atoms with E-state index < -0.39 is 36.5 Å². The van der Waals surface area contributed by atoms with Crippen LogP contribution in [0.1, 0.15) is 199 Å². The summed E-state index contributed by atoms with van der Waals surface area (Å²) in [5.74, 6) is 3.12. The van der Waals surface area contributed by atoms with Gasteiger partial charge in [-0.25, -0.2) is 0 Å². The number of carbonyl (C=O) groups is 2. The van der Waals surface area contributed by atoms with E-state index in [2.05, 4.69) is 194 Å². The summed E-state index contributed by atoms with van der Waals surface area (Å²) in [6.07, 6.45) is 46.7. The Hall–Kier alpha value is -3.38.